The second-order valence-electron chi connectivity index (χ2n) is 4.09. The van der Waals surface area contributed by atoms with E-state index >= 15 is 0 Å². The number of benzene rings is 1. The van der Waals surface area contributed by atoms with Gasteiger partial charge in [0.15, 0.2) is 4.90 Å². The van der Waals surface area contributed by atoms with Crippen LogP contribution < -0.4 is 10.2 Å². The van der Waals surface area contributed by atoms with E-state index in [-0.39, 0.29) is 11.3 Å². The largest absolute Gasteiger partial charge is 0.366 e. The summed E-state index contributed by atoms with van der Waals surface area (Å²) in [4.78, 5) is 13.7. The summed E-state index contributed by atoms with van der Waals surface area (Å²) >= 11 is 0. The third-order valence-corrected chi connectivity index (χ3v) is 4.09. The van der Waals surface area contributed by atoms with Crippen LogP contribution in [-0.4, -0.2) is 13.4 Å². The van der Waals surface area contributed by atoms with Crippen LogP contribution in [0.4, 0.5) is 5.69 Å². The highest BCUT2D eigenvalue weighted by Gasteiger charge is 2.19. The monoisotopic (exact) mass is 289 g/mol. The van der Waals surface area contributed by atoms with E-state index in [1.807, 2.05) is 6.07 Å². The maximum Gasteiger partial charge on any atom is 0.267 e. The summed E-state index contributed by atoms with van der Waals surface area (Å²) in [6, 6.07) is 7.86. The zero-order chi connectivity index (χ0) is 14.8. The number of pyridine rings is 1. The molecule has 6 nitrogen and oxygen atoms in total. The molecule has 2 N–H and O–H groups in total. The molecule has 0 spiro atoms. The van der Waals surface area contributed by atoms with E-state index in [2.05, 4.69) is 9.71 Å². The number of aryl methyl sites for hydroxylation is 1. The summed E-state index contributed by atoms with van der Waals surface area (Å²) in [6.45, 7) is 1.70. The second-order valence-corrected chi connectivity index (χ2v) is 5.74. The second kappa shape index (κ2) is 5.19. The Balaban J connectivity index is 2.51. The molecule has 0 radical (unpaired) electrons. The number of nitriles is 1. The lowest BCUT2D eigenvalue weighted by molar-refractivity contribution is 0.600. The molecule has 7 heteroatoms. The molecular weight excluding hydrogens is 278 g/mol. The average Bonchev–Trinajstić information content (AvgIpc) is 2.39. The minimum absolute atomic E-state index is 0.149. The SMILES string of the molecule is Cc1cccc(NS(=O)(=O)c2c[nH]ccc2=O)c1C#N. The zero-order valence-electron chi connectivity index (χ0n) is 10.5. The number of nitrogens with one attached hydrogen (secondary N) is 2. The van der Waals surface area contributed by atoms with Gasteiger partial charge in [-0.05, 0) is 18.6 Å². The van der Waals surface area contributed by atoms with Gasteiger partial charge in [0.05, 0.1) is 11.3 Å². The lowest BCUT2D eigenvalue weighted by atomic mass is 10.1. The Kier molecular flexibility index (Phi) is 3.59. The Morgan fingerprint density at radius 2 is 2.05 bits per heavy atom. The van der Waals surface area contributed by atoms with Crippen LogP contribution in [0.1, 0.15) is 11.1 Å². The summed E-state index contributed by atoms with van der Waals surface area (Å²) in [7, 11) is -4.04. The smallest absolute Gasteiger partial charge is 0.267 e. The summed E-state index contributed by atoms with van der Waals surface area (Å²) in [6.07, 6.45) is 2.45. The number of aromatic nitrogens is 1. The molecule has 0 bridgehead atoms. The van der Waals surface area contributed by atoms with Crippen molar-refractivity contribution in [3.8, 4) is 6.07 Å². The number of anilines is 1. The van der Waals surface area contributed by atoms with Crippen LogP contribution in [0.5, 0.6) is 0 Å². The van der Waals surface area contributed by atoms with Gasteiger partial charge < -0.3 is 4.98 Å². The van der Waals surface area contributed by atoms with E-state index in [4.69, 9.17) is 5.26 Å². The number of rotatable bonds is 3. The number of hydrogen-bond acceptors (Lipinski definition) is 4. The maximum absolute atomic E-state index is 12.2. The normalized spacial score (nSPS) is 10.8. The molecule has 0 atom stereocenters. The highest BCUT2D eigenvalue weighted by atomic mass is 32.2. The third kappa shape index (κ3) is 2.55. The Morgan fingerprint density at radius 1 is 1.30 bits per heavy atom. The molecule has 102 valence electrons. The Labute approximate surface area is 115 Å². The minimum atomic E-state index is -4.04. The van der Waals surface area contributed by atoms with Gasteiger partial charge in [0.1, 0.15) is 6.07 Å². The molecule has 0 unspecified atom stereocenters. The van der Waals surface area contributed by atoms with Crippen molar-refractivity contribution >= 4 is 15.7 Å². The lowest BCUT2D eigenvalue weighted by Gasteiger charge is -2.10. The van der Waals surface area contributed by atoms with Crippen LogP contribution in [0, 0.1) is 18.3 Å². The van der Waals surface area contributed by atoms with Crippen LogP contribution in [0.15, 0.2) is 46.3 Å². The predicted octanol–water partition coefficient (Wildman–Crippen LogP) is 1.36. The van der Waals surface area contributed by atoms with Crippen molar-refractivity contribution < 1.29 is 8.42 Å². The fourth-order valence-electron chi connectivity index (χ4n) is 1.71. The van der Waals surface area contributed by atoms with Crippen molar-refractivity contribution in [1.82, 2.24) is 4.98 Å². The quantitative estimate of drug-likeness (QED) is 0.890. The molecule has 0 aliphatic heterocycles. The molecule has 1 aromatic carbocycles. The standard InChI is InChI=1S/C13H11N3O3S/c1-9-3-2-4-11(10(9)7-14)16-20(18,19)13-8-15-6-5-12(13)17/h2-6,8,16H,1H3,(H,15,17). The maximum atomic E-state index is 12.2. The van der Waals surface area contributed by atoms with Crippen LogP contribution >= 0.6 is 0 Å². The molecule has 0 saturated heterocycles. The Morgan fingerprint density at radius 3 is 2.70 bits per heavy atom. The van der Waals surface area contributed by atoms with E-state index in [1.54, 1.807) is 19.1 Å². The predicted molar refractivity (Wildman–Crippen MR) is 73.8 cm³/mol. The van der Waals surface area contributed by atoms with Crippen molar-refractivity contribution in [2.45, 2.75) is 11.8 Å². The molecule has 0 amide bonds. The van der Waals surface area contributed by atoms with Crippen LogP contribution in [0.25, 0.3) is 0 Å². The van der Waals surface area contributed by atoms with Gasteiger partial charge in [0.2, 0.25) is 5.43 Å². The summed E-state index contributed by atoms with van der Waals surface area (Å²) in [5.41, 5.74) is 0.399. The molecule has 2 rings (SSSR count). The van der Waals surface area contributed by atoms with Crippen molar-refractivity contribution in [1.29, 1.82) is 5.26 Å². The Bertz CT molecular complexity index is 848. The van der Waals surface area contributed by atoms with Crippen molar-refractivity contribution in [2.75, 3.05) is 4.72 Å². The summed E-state index contributed by atoms with van der Waals surface area (Å²) in [5, 5.41) is 9.07. The first-order valence-electron chi connectivity index (χ1n) is 5.65. The highest BCUT2D eigenvalue weighted by Crippen LogP contribution is 2.20. The zero-order valence-corrected chi connectivity index (χ0v) is 11.4. The van der Waals surface area contributed by atoms with Crippen molar-refractivity contribution in [3.63, 3.8) is 0 Å². The highest BCUT2D eigenvalue weighted by molar-refractivity contribution is 7.92. The van der Waals surface area contributed by atoms with E-state index in [9.17, 15) is 13.2 Å². The number of hydrogen-bond donors (Lipinski definition) is 2. The fraction of sp³-hybridized carbons (Fsp3) is 0.0769. The first-order chi connectivity index (χ1) is 9.45. The van der Waals surface area contributed by atoms with E-state index in [0.717, 1.165) is 12.3 Å². The van der Waals surface area contributed by atoms with Gasteiger partial charge in [0, 0.05) is 18.5 Å². The van der Waals surface area contributed by atoms with Crippen LogP contribution in [-0.2, 0) is 10.0 Å². The molecule has 0 aliphatic carbocycles. The van der Waals surface area contributed by atoms with E-state index in [1.165, 1.54) is 12.3 Å². The molecule has 1 heterocycles. The molecule has 20 heavy (non-hydrogen) atoms. The first-order valence-corrected chi connectivity index (χ1v) is 7.13. The Hall–Kier alpha value is -2.59. The molecule has 0 aliphatic rings. The third-order valence-electron chi connectivity index (χ3n) is 2.71. The minimum Gasteiger partial charge on any atom is -0.366 e. The number of nitrogens with zero attached hydrogens (tertiary/aromatic N) is 1. The van der Waals surface area contributed by atoms with Gasteiger partial charge in [-0.1, -0.05) is 12.1 Å². The van der Waals surface area contributed by atoms with Gasteiger partial charge in [-0.25, -0.2) is 8.42 Å². The number of H-pyrrole nitrogens is 1. The van der Waals surface area contributed by atoms with Gasteiger partial charge in [0.25, 0.3) is 10.0 Å². The van der Waals surface area contributed by atoms with Gasteiger partial charge in [-0.2, -0.15) is 5.26 Å². The van der Waals surface area contributed by atoms with Crippen LogP contribution in [0.2, 0.25) is 0 Å². The molecular formula is C13H11N3O3S. The van der Waals surface area contributed by atoms with Gasteiger partial charge in [-0.3, -0.25) is 9.52 Å². The molecule has 2 aromatic rings. The average molecular weight is 289 g/mol. The molecule has 0 saturated carbocycles. The van der Waals surface area contributed by atoms with E-state index in [0.29, 0.717) is 5.56 Å². The number of sulfonamides is 1. The molecule has 0 fully saturated rings. The molecule has 1 aromatic heterocycles. The number of aromatic amines is 1. The van der Waals surface area contributed by atoms with Crippen molar-refractivity contribution in [2.24, 2.45) is 0 Å². The first kappa shape index (κ1) is 13.8. The van der Waals surface area contributed by atoms with Crippen molar-refractivity contribution in [3.05, 3.63) is 58.0 Å². The van der Waals surface area contributed by atoms with Crippen LogP contribution in [0.3, 0.4) is 0 Å². The lowest BCUT2D eigenvalue weighted by Crippen LogP contribution is -2.21. The topological polar surface area (TPSA) is 103 Å². The summed E-state index contributed by atoms with van der Waals surface area (Å²) < 4.78 is 26.6. The fourth-order valence-corrected chi connectivity index (χ4v) is 2.84. The van der Waals surface area contributed by atoms with Gasteiger partial charge >= 0.3 is 0 Å². The summed E-state index contributed by atoms with van der Waals surface area (Å²) in [5.74, 6) is 0. The van der Waals surface area contributed by atoms with E-state index < -0.39 is 20.3 Å². The van der Waals surface area contributed by atoms with Gasteiger partial charge in [-0.15, -0.1) is 0 Å².